The molecule has 174 valence electrons. The zero-order valence-corrected chi connectivity index (χ0v) is 19.2. The molecule has 2 aliphatic heterocycles. The number of rotatable bonds is 8. The lowest BCUT2D eigenvalue weighted by Crippen LogP contribution is -2.47. The zero-order valence-electron chi connectivity index (χ0n) is 19.2. The maximum atomic E-state index is 12.5. The monoisotopic (exact) mass is 440 g/mol. The van der Waals surface area contributed by atoms with E-state index in [0.29, 0.717) is 13.2 Å². The first-order valence-electron chi connectivity index (χ1n) is 11.9. The Morgan fingerprint density at radius 3 is 2.25 bits per heavy atom. The van der Waals surface area contributed by atoms with Gasteiger partial charge in [0, 0.05) is 64.6 Å². The summed E-state index contributed by atoms with van der Waals surface area (Å²) in [6.07, 6.45) is 3.74. The molecule has 32 heavy (non-hydrogen) atoms. The van der Waals surface area contributed by atoms with Crippen LogP contribution in [0.25, 0.3) is 0 Å². The first kappa shape index (κ1) is 22.8. The number of aromatic hydroxyl groups is 1. The zero-order chi connectivity index (χ0) is 22.3. The van der Waals surface area contributed by atoms with E-state index >= 15 is 0 Å². The molecule has 7 heteroatoms. The van der Waals surface area contributed by atoms with E-state index < -0.39 is 0 Å². The van der Waals surface area contributed by atoms with Gasteiger partial charge < -0.3 is 14.4 Å². The standard InChI is InChI=1S/C25H36N4O3/c1-26-21(19-28-10-6-3-7-11-28)18-24(30)25(31)23(26)20-29-14-12-27(13-15-29)16-17-32-22-8-4-2-5-9-22/h2,4-5,8-9,18,31H,3,6-7,10-17,19-20H2,1H3. The Balaban J connectivity index is 1.30. The predicted molar refractivity (Wildman–Crippen MR) is 126 cm³/mol. The maximum Gasteiger partial charge on any atom is 0.223 e. The summed E-state index contributed by atoms with van der Waals surface area (Å²) >= 11 is 0. The second-order valence-electron chi connectivity index (χ2n) is 8.97. The van der Waals surface area contributed by atoms with Gasteiger partial charge >= 0.3 is 0 Å². The summed E-state index contributed by atoms with van der Waals surface area (Å²) in [4.78, 5) is 19.6. The van der Waals surface area contributed by atoms with Crippen molar-refractivity contribution in [1.82, 2.24) is 19.3 Å². The normalized spacial score (nSPS) is 18.7. The Hall–Kier alpha value is -2.35. The maximum absolute atomic E-state index is 12.5. The number of nitrogens with zero attached hydrogens (tertiary/aromatic N) is 4. The molecule has 1 aromatic heterocycles. The molecule has 3 heterocycles. The summed E-state index contributed by atoms with van der Waals surface area (Å²) in [7, 11) is 1.98. The van der Waals surface area contributed by atoms with Crippen LogP contribution in [0.15, 0.2) is 41.2 Å². The number of ether oxygens (including phenoxy) is 1. The van der Waals surface area contributed by atoms with E-state index in [2.05, 4.69) is 14.7 Å². The summed E-state index contributed by atoms with van der Waals surface area (Å²) in [6.45, 7) is 8.86. The highest BCUT2D eigenvalue weighted by Crippen LogP contribution is 2.19. The van der Waals surface area contributed by atoms with Gasteiger partial charge in [0.2, 0.25) is 5.43 Å². The molecule has 7 nitrogen and oxygen atoms in total. The molecule has 0 radical (unpaired) electrons. The summed E-state index contributed by atoms with van der Waals surface area (Å²) in [5.41, 5.74) is 1.45. The lowest BCUT2D eigenvalue weighted by molar-refractivity contribution is 0.110. The summed E-state index contributed by atoms with van der Waals surface area (Å²) < 4.78 is 7.85. The van der Waals surface area contributed by atoms with Gasteiger partial charge in [-0.1, -0.05) is 24.6 Å². The molecular formula is C25H36N4O3. The molecule has 0 amide bonds. The summed E-state index contributed by atoms with van der Waals surface area (Å²) in [6, 6.07) is 11.5. The topological polar surface area (TPSA) is 61.2 Å². The lowest BCUT2D eigenvalue weighted by Gasteiger charge is -2.35. The highest BCUT2D eigenvalue weighted by molar-refractivity contribution is 5.30. The highest BCUT2D eigenvalue weighted by atomic mass is 16.5. The van der Waals surface area contributed by atoms with Crippen LogP contribution in [0.5, 0.6) is 11.5 Å². The molecule has 2 aromatic rings. The van der Waals surface area contributed by atoms with Gasteiger partial charge in [-0.2, -0.15) is 0 Å². The molecule has 4 rings (SSSR count). The number of piperazine rings is 1. The van der Waals surface area contributed by atoms with Crippen LogP contribution in [-0.4, -0.2) is 76.8 Å². The van der Waals surface area contributed by atoms with Crippen molar-refractivity contribution < 1.29 is 9.84 Å². The second-order valence-corrected chi connectivity index (χ2v) is 8.97. The van der Waals surface area contributed by atoms with Crippen molar-refractivity contribution in [2.45, 2.75) is 32.4 Å². The first-order chi connectivity index (χ1) is 15.6. The van der Waals surface area contributed by atoms with Crippen LogP contribution in [0.1, 0.15) is 30.7 Å². The minimum absolute atomic E-state index is 0.103. The number of aromatic nitrogens is 1. The average Bonchev–Trinajstić information content (AvgIpc) is 2.82. The van der Waals surface area contributed by atoms with Crippen molar-refractivity contribution in [3.8, 4) is 11.5 Å². The number of para-hydroxylation sites is 1. The van der Waals surface area contributed by atoms with Gasteiger partial charge in [-0.15, -0.1) is 0 Å². The van der Waals surface area contributed by atoms with Crippen molar-refractivity contribution in [3.05, 3.63) is 58.0 Å². The molecule has 0 bridgehead atoms. The van der Waals surface area contributed by atoms with Crippen LogP contribution in [0.2, 0.25) is 0 Å². The molecule has 0 unspecified atom stereocenters. The van der Waals surface area contributed by atoms with E-state index in [0.717, 1.165) is 69.5 Å². The molecule has 0 spiro atoms. The number of piperidine rings is 1. The molecule has 0 saturated carbocycles. The molecule has 2 aliphatic rings. The Labute approximate surface area is 190 Å². The molecular weight excluding hydrogens is 404 g/mol. The Morgan fingerprint density at radius 2 is 1.53 bits per heavy atom. The molecule has 0 aliphatic carbocycles. The smallest absolute Gasteiger partial charge is 0.223 e. The largest absolute Gasteiger partial charge is 0.503 e. The fourth-order valence-electron chi connectivity index (χ4n) is 4.66. The van der Waals surface area contributed by atoms with E-state index in [-0.39, 0.29) is 11.2 Å². The minimum atomic E-state index is -0.262. The number of pyridine rings is 1. The third-order valence-electron chi connectivity index (χ3n) is 6.73. The van der Waals surface area contributed by atoms with E-state index in [1.807, 2.05) is 41.9 Å². The van der Waals surface area contributed by atoms with Crippen LogP contribution < -0.4 is 10.2 Å². The molecule has 1 N–H and O–H groups in total. The SMILES string of the molecule is Cn1c(CN2CCCCC2)cc(=O)c(O)c1CN1CCN(CCOc2ccccc2)CC1. The number of hydrogen-bond acceptors (Lipinski definition) is 6. The lowest BCUT2D eigenvalue weighted by atomic mass is 10.1. The van der Waals surface area contributed by atoms with E-state index in [1.165, 1.54) is 19.3 Å². The van der Waals surface area contributed by atoms with Crippen molar-refractivity contribution >= 4 is 0 Å². The van der Waals surface area contributed by atoms with Crippen LogP contribution >= 0.6 is 0 Å². The summed E-state index contributed by atoms with van der Waals surface area (Å²) in [5, 5.41) is 10.5. The van der Waals surface area contributed by atoms with Crippen LogP contribution in [0.3, 0.4) is 0 Å². The molecule has 2 saturated heterocycles. The van der Waals surface area contributed by atoms with Gasteiger partial charge in [-0.05, 0) is 38.1 Å². The van der Waals surface area contributed by atoms with E-state index in [9.17, 15) is 9.90 Å². The molecule has 0 atom stereocenters. The van der Waals surface area contributed by atoms with E-state index in [4.69, 9.17) is 4.74 Å². The van der Waals surface area contributed by atoms with Crippen molar-refractivity contribution in [1.29, 1.82) is 0 Å². The Morgan fingerprint density at radius 1 is 0.875 bits per heavy atom. The second kappa shape index (κ2) is 11.0. The van der Waals surface area contributed by atoms with Gasteiger partial charge in [0.25, 0.3) is 0 Å². The highest BCUT2D eigenvalue weighted by Gasteiger charge is 2.21. The third-order valence-corrected chi connectivity index (χ3v) is 6.73. The third kappa shape index (κ3) is 5.91. The van der Waals surface area contributed by atoms with Crippen molar-refractivity contribution in [2.24, 2.45) is 7.05 Å². The van der Waals surface area contributed by atoms with Gasteiger partial charge in [0.05, 0.1) is 5.69 Å². The van der Waals surface area contributed by atoms with Gasteiger partial charge in [0.15, 0.2) is 5.75 Å². The van der Waals surface area contributed by atoms with Crippen LogP contribution in [0, 0.1) is 0 Å². The van der Waals surface area contributed by atoms with Gasteiger partial charge in [0.1, 0.15) is 12.4 Å². The minimum Gasteiger partial charge on any atom is -0.503 e. The Bertz CT molecular complexity index is 917. The van der Waals surface area contributed by atoms with Crippen molar-refractivity contribution in [2.75, 3.05) is 52.4 Å². The van der Waals surface area contributed by atoms with E-state index in [1.54, 1.807) is 6.07 Å². The number of hydrogen-bond donors (Lipinski definition) is 1. The predicted octanol–water partition coefficient (Wildman–Crippen LogP) is 2.27. The average molecular weight is 441 g/mol. The fraction of sp³-hybridized carbons (Fsp3) is 0.560. The number of benzene rings is 1. The van der Waals surface area contributed by atoms with Crippen LogP contribution in [-0.2, 0) is 20.1 Å². The quantitative estimate of drug-likeness (QED) is 0.680. The molecule has 2 fully saturated rings. The van der Waals surface area contributed by atoms with Gasteiger partial charge in [-0.3, -0.25) is 19.5 Å². The van der Waals surface area contributed by atoms with Crippen LogP contribution in [0.4, 0.5) is 0 Å². The van der Waals surface area contributed by atoms with Gasteiger partial charge in [-0.25, -0.2) is 0 Å². The summed E-state index contributed by atoms with van der Waals surface area (Å²) in [5.74, 6) is 0.806. The van der Waals surface area contributed by atoms with Crippen molar-refractivity contribution in [3.63, 3.8) is 0 Å². The fourth-order valence-corrected chi connectivity index (χ4v) is 4.66. The molecule has 1 aromatic carbocycles. The Kier molecular flexibility index (Phi) is 7.84. The number of likely N-dealkylation sites (tertiary alicyclic amines) is 1. The first-order valence-corrected chi connectivity index (χ1v) is 11.9.